The van der Waals surface area contributed by atoms with Crippen LogP contribution in [0.5, 0.6) is 0 Å². The van der Waals surface area contributed by atoms with Crippen LogP contribution in [0.25, 0.3) is 11.0 Å². The molecule has 0 unspecified atom stereocenters. The van der Waals surface area contributed by atoms with Gasteiger partial charge in [-0.3, -0.25) is 0 Å². The van der Waals surface area contributed by atoms with Gasteiger partial charge in [0.25, 0.3) is 0 Å². The van der Waals surface area contributed by atoms with Crippen LogP contribution in [0.2, 0.25) is 0 Å². The van der Waals surface area contributed by atoms with Crippen molar-refractivity contribution >= 4 is 11.0 Å². The second kappa shape index (κ2) is 3.27. The quantitative estimate of drug-likeness (QED) is 0.629. The fraction of sp³-hybridized carbons (Fsp3) is 0.182. The number of hydrogen-bond donors (Lipinski definition) is 0. The van der Waals surface area contributed by atoms with Gasteiger partial charge in [0, 0.05) is 12.6 Å². The van der Waals surface area contributed by atoms with Crippen LogP contribution in [0.15, 0.2) is 18.2 Å². The molecule has 82 valence electrons. The van der Waals surface area contributed by atoms with Gasteiger partial charge in [-0.1, -0.05) is 5.92 Å². The molecular weight excluding hydrogens is 217 g/mol. The predicted molar refractivity (Wildman–Crippen MR) is 53.7 cm³/mol. The standard InChI is InChI=1S/C11H7F3N2/c1-3-7-4-5-9-8(6-7)15-10(16(9)2)11(12,13)14/h1,4-6H,2H3. The highest BCUT2D eigenvalue weighted by Gasteiger charge is 2.36. The molecule has 0 aliphatic heterocycles. The summed E-state index contributed by atoms with van der Waals surface area (Å²) >= 11 is 0. The molecule has 0 spiro atoms. The summed E-state index contributed by atoms with van der Waals surface area (Å²) in [5, 5.41) is 0. The molecule has 2 nitrogen and oxygen atoms in total. The van der Waals surface area contributed by atoms with Crippen LogP contribution in [-0.2, 0) is 13.2 Å². The number of halogens is 3. The van der Waals surface area contributed by atoms with Crippen LogP contribution in [0.1, 0.15) is 11.4 Å². The van der Waals surface area contributed by atoms with Crippen molar-refractivity contribution < 1.29 is 13.2 Å². The van der Waals surface area contributed by atoms with E-state index < -0.39 is 12.0 Å². The van der Waals surface area contributed by atoms with Gasteiger partial charge in [-0.25, -0.2) is 4.98 Å². The number of nitrogens with zero attached hydrogens (tertiary/aromatic N) is 2. The third-order valence-corrected chi connectivity index (χ3v) is 2.30. The van der Waals surface area contributed by atoms with Crippen molar-refractivity contribution in [2.75, 3.05) is 0 Å². The molecule has 0 N–H and O–H groups in total. The lowest BCUT2D eigenvalue weighted by Crippen LogP contribution is -2.12. The maximum Gasteiger partial charge on any atom is 0.449 e. The number of fused-ring (bicyclic) bond motifs is 1. The molecule has 1 aromatic heterocycles. The molecule has 2 aromatic rings. The molecule has 0 saturated heterocycles. The average molecular weight is 224 g/mol. The Bertz CT molecular complexity index is 588. The van der Waals surface area contributed by atoms with Gasteiger partial charge in [-0.15, -0.1) is 6.42 Å². The Morgan fingerprint density at radius 1 is 1.38 bits per heavy atom. The molecule has 1 aromatic carbocycles. The summed E-state index contributed by atoms with van der Waals surface area (Å²) < 4.78 is 38.6. The van der Waals surface area contributed by atoms with E-state index in [1.54, 1.807) is 6.07 Å². The van der Waals surface area contributed by atoms with Crippen LogP contribution >= 0.6 is 0 Å². The lowest BCUT2D eigenvalue weighted by atomic mass is 10.2. The Labute approximate surface area is 89.7 Å². The van der Waals surface area contributed by atoms with Gasteiger partial charge in [0.1, 0.15) is 0 Å². The van der Waals surface area contributed by atoms with E-state index in [-0.39, 0.29) is 5.52 Å². The molecule has 5 heteroatoms. The van der Waals surface area contributed by atoms with E-state index in [4.69, 9.17) is 6.42 Å². The monoisotopic (exact) mass is 224 g/mol. The minimum Gasteiger partial charge on any atom is -0.323 e. The number of imidazole rings is 1. The van der Waals surface area contributed by atoms with Crippen molar-refractivity contribution in [3.63, 3.8) is 0 Å². The van der Waals surface area contributed by atoms with Crippen molar-refractivity contribution in [3.05, 3.63) is 29.6 Å². The zero-order valence-corrected chi connectivity index (χ0v) is 8.34. The van der Waals surface area contributed by atoms with Gasteiger partial charge in [-0.05, 0) is 18.2 Å². The molecule has 0 aliphatic rings. The topological polar surface area (TPSA) is 17.8 Å². The minimum atomic E-state index is -4.45. The van der Waals surface area contributed by atoms with Crippen LogP contribution in [0.4, 0.5) is 13.2 Å². The summed E-state index contributed by atoms with van der Waals surface area (Å²) in [6.45, 7) is 0. The van der Waals surface area contributed by atoms with E-state index in [2.05, 4.69) is 10.9 Å². The molecule has 0 aliphatic carbocycles. The normalized spacial score (nSPS) is 11.7. The third-order valence-electron chi connectivity index (χ3n) is 2.30. The number of rotatable bonds is 0. The molecule has 0 bridgehead atoms. The van der Waals surface area contributed by atoms with Gasteiger partial charge in [0.2, 0.25) is 5.82 Å². The molecule has 1 heterocycles. The van der Waals surface area contributed by atoms with Gasteiger partial charge < -0.3 is 4.57 Å². The van der Waals surface area contributed by atoms with E-state index in [0.717, 1.165) is 4.57 Å². The molecule has 0 fully saturated rings. The minimum absolute atomic E-state index is 0.255. The zero-order valence-electron chi connectivity index (χ0n) is 8.34. The summed E-state index contributed by atoms with van der Waals surface area (Å²) in [6, 6.07) is 4.58. The summed E-state index contributed by atoms with van der Waals surface area (Å²) in [4.78, 5) is 3.53. The van der Waals surface area contributed by atoms with Gasteiger partial charge >= 0.3 is 6.18 Å². The molecule has 0 radical (unpaired) electrons. The molecule has 0 saturated carbocycles. The highest BCUT2D eigenvalue weighted by Crippen LogP contribution is 2.30. The number of benzene rings is 1. The molecule has 0 amide bonds. The van der Waals surface area contributed by atoms with Gasteiger partial charge in [0.05, 0.1) is 11.0 Å². The Hall–Kier alpha value is -1.96. The highest BCUT2D eigenvalue weighted by molar-refractivity contribution is 5.77. The first kappa shape index (κ1) is 10.6. The Morgan fingerprint density at radius 2 is 2.06 bits per heavy atom. The number of alkyl halides is 3. The molecular formula is C11H7F3N2. The van der Waals surface area contributed by atoms with Crippen molar-refractivity contribution in [1.29, 1.82) is 0 Å². The SMILES string of the molecule is C#Cc1ccc2c(c1)nc(C(F)(F)F)n2C. The third kappa shape index (κ3) is 1.52. The Balaban J connectivity index is 2.74. The largest absolute Gasteiger partial charge is 0.449 e. The first-order chi connectivity index (χ1) is 7.43. The van der Waals surface area contributed by atoms with E-state index in [0.29, 0.717) is 11.1 Å². The van der Waals surface area contributed by atoms with E-state index >= 15 is 0 Å². The summed E-state index contributed by atoms with van der Waals surface area (Å²) in [6.07, 6.45) is 0.710. The fourth-order valence-electron chi connectivity index (χ4n) is 1.54. The Kier molecular flexibility index (Phi) is 2.16. The fourth-order valence-corrected chi connectivity index (χ4v) is 1.54. The summed E-state index contributed by atoms with van der Waals surface area (Å²) in [5.74, 6) is 1.44. The summed E-state index contributed by atoms with van der Waals surface area (Å²) in [5.41, 5.74) is 1.18. The lowest BCUT2D eigenvalue weighted by molar-refractivity contribution is -0.146. The first-order valence-corrected chi connectivity index (χ1v) is 4.44. The lowest BCUT2D eigenvalue weighted by Gasteiger charge is -2.05. The molecule has 2 rings (SSSR count). The van der Waals surface area contributed by atoms with Crippen molar-refractivity contribution in [2.45, 2.75) is 6.18 Å². The van der Waals surface area contributed by atoms with E-state index in [9.17, 15) is 13.2 Å². The maximum absolute atomic E-state index is 12.5. The number of aromatic nitrogens is 2. The average Bonchev–Trinajstić information content (AvgIpc) is 2.55. The van der Waals surface area contributed by atoms with Crippen LogP contribution in [-0.4, -0.2) is 9.55 Å². The van der Waals surface area contributed by atoms with Crippen LogP contribution < -0.4 is 0 Å². The van der Waals surface area contributed by atoms with E-state index in [1.807, 2.05) is 0 Å². The number of terminal acetylenes is 1. The Morgan fingerprint density at radius 3 is 2.62 bits per heavy atom. The highest BCUT2D eigenvalue weighted by atomic mass is 19.4. The summed E-state index contributed by atoms with van der Waals surface area (Å²) in [7, 11) is 1.33. The predicted octanol–water partition coefficient (Wildman–Crippen LogP) is 2.57. The van der Waals surface area contributed by atoms with Crippen molar-refractivity contribution in [2.24, 2.45) is 7.05 Å². The van der Waals surface area contributed by atoms with Gasteiger partial charge in [0.15, 0.2) is 0 Å². The zero-order chi connectivity index (χ0) is 11.9. The second-order valence-electron chi connectivity index (χ2n) is 3.34. The second-order valence-corrected chi connectivity index (χ2v) is 3.34. The van der Waals surface area contributed by atoms with E-state index in [1.165, 1.54) is 19.2 Å². The first-order valence-electron chi connectivity index (χ1n) is 4.44. The van der Waals surface area contributed by atoms with Crippen LogP contribution in [0, 0.1) is 12.3 Å². The molecule has 0 atom stereocenters. The number of hydrogen-bond acceptors (Lipinski definition) is 1. The van der Waals surface area contributed by atoms with Gasteiger partial charge in [-0.2, -0.15) is 13.2 Å². The van der Waals surface area contributed by atoms with Crippen molar-refractivity contribution in [1.82, 2.24) is 9.55 Å². The van der Waals surface area contributed by atoms with Crippen LogP contribution in [0.3, 0.4) is 0 Å². The maximum atomic E-state index is 12.5. The van der Waals surface area contributed by atoms with Crippen molar-refractivity contribution in [3.8, 4) is 12.3 Å². The smallest absolute Gasteiger partial charge is 0.323 e. The number of aryl methyl sites for hydroxylation is 1. The molecule has 16 heavy (non-hydrogen) atoms.